The molecule has 3 aromatic carbocycles. The van der Waals surface area contributed by atoms with Gasteiger partial charge in [-0.3, -0.25) is 0 Å². The van der Waals surface area contributed by atoms with E-state index in [0.717, 1.165) is 36.3 Å². The molecule has 7 heteroatoms. The maximum Gasteiger partial charge on any atom is 0.458 e. The predicted molar refractivity (Wildman–Crippen MR) is 94.8 cm³/mol. The van der Waals surface area contributed by atoms with Gasteiger partial charge in [-0.05, 0) is 53.9 Å². The zero-order chi connectivity index (χ0) is 21.3. The van der Waals surface area contributed by atoms with E-state index >= 15 is 0 Å². The lowest BCUT2D eigenvalue weighted by atomic mass is 9.97. The molecular weight excluding hydrogens is 397 g/mol. The number of benzene rings is 3. The minimum absolute atomic E-state index is 0.0361. The molecule has 29 heavy (non-hydrogen) atoms. The van der Waals surface area contributed by atoms with Gasteiger partial charge in [0.25, 0.3) is 0 Å². The van der Waals surface area contributed by atoms with Gasteiger partial charge in [0.2, 0.25) is 0 Å². The fourth-order valence-corrected chi connectivity index (χ4v) is 2.80. The van der Waals surface area contributed by atoms with Gasteiger partial charge in [0.15, 0.2) is 0 Å². The second-order valence-electron chi connectivity index (χ2n) is 6.24. The summed E-state index contributed by atoms with van der Waals surface area (Å²) in [6.07, 6.45) is -4.77. The number of aryl methyl sites for hydroxylation is 1. The standard InChI is InChI=1S/C22H11F7/c1-12-8-19(25)21(20(26)9-12)15-4-5-16(18(24)11-15)14-3-2-13(17(23)10-14)6-7-22(27,28)29/h2-5,8-11H,1H3. The fourth-order valence-electron chi connectivity index (χ4n) is 2.80. The minimum atomic E-state index is -4.77. The third-order valence-corrected chi connectivity index (χ3v) is 4.06. The van der Waals surface area contributed by atoms with Crippen molar-refractivity contribution in [3.05, 3.63) is 82.9 Å². The van der Waals surface area contributed by atoms with E-state index in [-0.39, 0.29) is 16.7 Å². The Labute approximate surface area is 161 Å². The van der Waals surface area contributed by atoms with Crippen LogP contribution in [-0.2, 0) is 0 Å². The molecule has 0 fully saturated rings. The highest BCUT2D eigenvalue weighted by Crippen LogP contribution is 2.32. The van der Waals surface area contributed by atoms with Crippen molar-refractivity contribution in [1.82, 2.24) is 0 Å². The lowest BCUT2D eigenvalue weighted by Gasteiger charge is -2.10. The zero-order valence-corrected chi connectivity index (χ0v) is 14.8. The Morgan fingerprint density at radius 3 is 1.83 bits per heavy atom. The Kier molecular flexibility index (Phi) is 5.38. The molecule has 0 aliphatic carbocycles. The molecule has 0 bridgehead atoms. The minimum Gasteiger partial charge on any atom is -0.206 e. The van der Waals surface area contributed by atoms with Crippen LogP contribution in [0.5, 0.6) is 0 Å². The Balaban J connectivity index is 2.00. The molecule has 0 atom stereocenters. The highest BCUT2D eigenvalue weighted by Gasteiger charge is 2.23. The van der Waals surface area contributed by atoms with Crippen LogP contribution in [0.2, 0.25) is 0 Å². The van der Waals surface area contributed by atoms with E-state index in [9.17, 15) is 30.7 Å². The summed E-state index contributed by atoms with van der Waals surface area (Å²) in [5.41, 5.74) is -0.624. The van der Waals surface area contributed by atoms with Crippen LogP contribution in [0.1, 0.15) is 11.1 Å². The van der Waals surface area contributed by atoms with Crippen LogP contribution < -0.4 is 0 Å². The third-order valence-electron chi connectivity index (χ3n) is 4.06. The monoisotopic (exact) mass is 408 g/mol. The molecule has 3 aromatic rings. The van der Waals surface area contributed by atoms with E-state index in [1.807, 2.05) is 0 Å². The van der Waals surface area contributed by atoms with Gasteiger partial charge in [0, 0.05) is 11.5 Å². The first-order chi connectivity index (χ1) is 13.5. The molecule has 0 heterocycles. The first kappa shape index (κ1) is 20.5. The van der Waals surface area contributed by atoms with Crippen LogP contribution in [0.3, 0.4) is 0 Å². The van der Waals surface area contributed by atoms with E-state index in [0.29, 0.717) is 5.56 Å². The number of alkyl halides is 3. The van der Waals surface area contributed by atoms with Crippen molar-refractivity contribution in [3.63, 3.8) is 0 Å². The van der Waals surface area contributed by atoms with E-state index in [1.54, 1.807) is 5.92 Å². The van der Waals surface area contributed by atoms with E-state index in [1.165, 1.54) is 25.1 Å². The number of hydrogen-bond donors (Lipinski definition) is 0. The van der Waals surface area contributed by atoms with Gasteiger partial charge in [-0.25, -0.2) is 17.6 Å². The molecule has 0 amide bonds. The van der Waals surface area contributed by atoms with Gasteiger partial charge in [-0.2, -0.15) is 13.2 Å². The van der Waals surface area contributed by atoms with Gasteiger partial charge < -0.3 is 0 Å². The van der Waals surface area contributed by atoms with Gasteiger partial charge in [-0.15, -0.1) is 0 Å². The summed E-state index contributed by atoms with van der Waals surface area (Å²) in [5.74, 6) is -1.02. The van der Waals surface area contributed by atoms with Crippen molar-refractivity contribution in [2.45, 2.75) is 13.1 Å². The summed E-state index contributed by atoms with van der Waals surface area (Å²) in [5, 5.41) is 0. The van der Waals surface area contributed by atoms with Gasteiger partial charge >= 0.3 is 6.18 Å². The van der Waals surface area contributed by atoms with Crippen molar-refractivity contribution in [3.8, 4) is 34.1 Å². The van der Waals surface area contributed by atoms with E-state index < -0.39 is 40.6 Å². The Morgan fingerprint density at radius 2 is 1.28 bits per heavy atom. The normalized spacial score (nSPS) is 11.2. The first-order valence-corrected chi connectivity index (χ1v) is 8.20. The Hall–Kier alpha value is -3.27. The molecule has 0 radical (unpaired) electrons. The lowest BCUT2D eigenvalue weighted by molar-refractivity contribution is -0.0696. The SMILES string of the molecule is Cc1cc(F)c(-c2ccc(-c3ccc(C#CC(F)(F)F)c(F)c3)c(F)c2)c(F)c1. The Bertz CT molecular complexity index is 1130. The van der Waals surface area contributed by atoms with Crippen LogP contribution in [-0.4, -0.2) is 6.18 Å². The molecule has 0 saturated heterocycles. The molecule has 0 aliphatic rings. The highest BCUT2D eigenvalue weighted by molar-refractivity contribution is 5.72. The average molecular weight is 408 g/mol. The van der Waals surface area contributed by atoms with E-state index in [4.69, 9.17) is 0 Å². The molecule has 3 rings (SSSR count). The Morgan fingerprint density at radius 1 is 0.690 bits per heavy atom. The van der Waals surface area contributed by atoms with Crippen LogP contribution >= 0.6 is 0 Å². The summed E-state index contributed by atoms with van der Waals surface area (Å²) in [6.45, 7) is 1.51. The maximum absolute atomic E-state index is 14.6. The summed E-state index contributed by atoms with van der Waals surface area (Å²) in [4.78, 5) is 0. The van der Waals surface area contributed by atoms with E-state index in [2.05, 4.69) is 0 Å². The van der Waals surface area contributed by atoms with Crippen molar-refractivity contribution in [2.24, 2.45) is 0 Å². The number of halogens is 7. The second-order valence-corrected chi connectivity index (χ2v) is 6.24. The summed E-state index contributed by atoms with van der Waals surface area (Å²) < 4.78 is 93.2. The largest absolute Gasteiger partial charge is 0.458 e. The fraction of sp³-hybridized carbons (Fsp3) is 0.0909. The van der Waals surface area contributed by atoms with Gasteiger partial charge in [-0.1, -0.05) is 24.1 Å². The average Bonchev–Trinajstić information content (AvgIpc) is 2.59. The molecule has 0 unspecified atom stereocenters. The molecule has 0 saturated carbocycles. The van der Waals surface area contributed by atoms with Crippen LogP contribution in [0, 0.1) is 42.0 Å². The summed E-state index contributed by atoms with van der Waals surface area (Å²) in [7, 11) is 0. The first-order valence-electron chi connectivity index (χ1n) is 8.20. The topological polar surface area (TPSA) is 0 Å². The molecule has 0 N–H and O–H groups in total. The highest BCUT2D eigenvalue weighted by atomic mass is 19.4. The predicted octanol–water partition coefficient (Wildman–Crippen LogP) is 6.80. The third kappa shape index (κ3) is 4.60. The smallest absolute Gasteiger partial charge is 0.206 e. The van der Waals surface area contributed by atoms with Crippen LogP contribution in [0.15, 0.2) is 48.5 Å². The van der Waals surface area contributed by atoms with Crippen LogP contribution in [0.4, 0.5) is 30.7 Å². The molecule has 148 valence electrons. The van der Waals surface area contributed by atoms with Crippen molar-refractivity contribution >= 4 is 0 Å². The molecule has 0 aromatic heterocycles. The molecule has 0 nitrogen and oxygen atoms in total. The van der Waals surface area contributed by atoms with Crippen molar-refractivity contribution < 1.29 is 30.7 Å². The molecule has 0 aliphatic heterocycles. The summed E-state index contributed by atoms with van der Waals surface area (Å²) in [6, 6.07) is 8.64. The zero-order valence-electron chi connectivity index (χ0n) is 14.8. The molecular formula is C22H11F7. The van der Waals surface area contributed by atoms with Gasteiger partial charge in [0.05, 0.1) is 11.1 Å². The number of rotatable bonds is 2. The number of hydrogen-bond acceptors (Lipinski definition) is 0. The quantitative estimate of drug-likeness (QED) is 0.323. The molecule has 0 spiro atoms. The van der Waals surface area contributed by atoms with Crippen LogP contribution in [0.25, 0.3) is 22.3 Å². The van der Waals surface area contributed by atoms with Gasteiger partial charge in [0.1, 0.15) is 23.3 Å². The summed E-state index contributed by atoms with van der Waals surface area (Å²) >= 11 is 0. The maximum atomic E-state index is 14.6. The second kappa shape index (κ2) is 7.63. The lowest BCUT2D eigenvalue weighted by Crippen LogP contribution is -2.01. The van der Waals surface area contributed by atoms with Crippen molar-refractivity contribution in [2.75, 3.05) is 0 Å². The van der Waals surface area contributed by atoms with Crippen molar-refractivity contribution in [1.29, 1.82) is 0 Å².